The van der Waals surface area contributed by atoms with Crippen LogP contribution in [0.1, 0.15) is 35.2 Å². The molecular formula is C31H34N6O5. The SMILES string of the molecule is COc1ccc(CNc2ncc(C(C)N3CCc4c(ccc(OC)c4OC)C3)c3nc(-c4ccco4)nn23)cc1OC. The number of ether oxygens (including phenoxy) is 4. The average Bonchev–Trinajstić information content (AvgIpc) is 3.73. The lowest BCUT2D eigenvalue weighted by Gasteiger charge is -2.34. The molecule has 0 bridgehead atoms. The van der Waals surface area contributed by atoms with Crippen LogP contribution >= 0.6 is 0 Å². The van der Waals surface area contributed by atoms with Crippen LogP contribution in [0, 0.1) is 0 Å². The van der Waals surface area contributed by atoms with Gasteiger partial charge in [0.05, 0.1) is 34.7 Å². The van der Waals surface area contributed by atoms with Crippen molar-refractivity contribution in [3.63, 3.8) is 0 Å². The maximum atomic E-state index is 5.70. The molecule has 0 saturated heterocycles. The van der Waals surface area contributed by atoms with E-state index in [-0.39, 0.29) is 6.04 Å². The summed E-state index contributed by atoms with van der Waals surface area (Å²) in [6.45, 7) is 4.30. The normalized spacial score (nSPS) is 13.9. The van der Waals surface area contributed by atoms with Crippen LogP contribution in [-0.4, -0.2) is 59.5 Å². The van der Waals surface area contributed by atoms with Gasteiger partial charge in [-0.25, -0.2) is 9.97 Å². The highest BCUT2D eigenvalue weighted by atomic mass is 16.5. The van der Waals surface area contributed by atoms with Crippen LogP contribution in [0.25, 0.3) is 17.2 Å². The number of benzene rings is 2. The molecule has 1 aliphatic rings. The zero-order valence-corrected chi connectivity index (χ0v) is 24.4. The Labute approximate surface area is 244 Å². The molecule has 0 saturated carbocycles. The Morgan fingerprint density at radius 3 is 2.52 bits per heavy atom. The molecule has 0 radical (unpaired) electrons. The molecule has 1 aliphatic heterocycles. The molecule has 3 aromatic heterocycles. The average molecular weight is 571 g/mol. The highest BCUT2D eigenvalue weighted by Crippen LogP contribution is 2.38. The number of methoxy groups -OCH3 is 4. The number of nitrogens with zero attached hydrogens (tertiary/aromatic N) is 5. The molecule has 11 nitrogen and oxygen atoms in total. The van der Waals surface area contributed by atoms with Crippen molar-refractivity contribution in [2.75, 3.05) is 40.3 Å². The molecule has 0 fully saturated rings. The standard InChI is InChI=1S/C31H34N6O5/c1-19(36-13-12-22-21(18-36)9-11-25(39-3)28(22)41-5)23-17-33-31(32-16-20-8-10-24(38-2)27(15-20)40-4)37-30(23)34-29(35-37)26-7-6-14-42-26/h6-11,14-15,17,19H,12-13,16,18H2,1-5H3,(H,32,33). The second-order valence-electron chi connectivity index (χ2n) is 10.1. The Balaban J connectivity index is 1.32. The van der Waals surface area contributed by atoms with Gasteiger partial charge in [-0.1, -0.05) is 12.1 Å². The first-order chi connectivity index (χ1) is 20.5. The topological polar surface area (TPSA) is 108 Å². The van der Waals surface area contributed by atoms with Crippen LogP contribution in [0.2, 0.25) is 0 Å². The van der Waals surface area contributed by atoms with Crippen LogP contribution < -0.4 is 24.3 Å². The van der Waals surface area contributed by atoms with Crippen molar-refractivity contribution in [1.82, 2.24) is 24.5 Å². The summed E-state index contributed by atoms with van der Waals surface area (Å²) in [5.74, 6) is 4.58. The molecule has 5 aromatic rings. The van der Waals surface area contributed by atoms with E-state index in [9.17, 15) is 0 Å². The van der Waals surface area contributed by atoms with Crippen molar-refractivity contribution in [3.8, 4) is 34.6 Å². The molecule has 218 valence electrons. The second kappa shape index (κ2) is 11.6. The van der Waals surface area contributed by atoms with E-state index >= 15 is 0 Å². The first-order valence-corrected chi connectivity index (χ1v) is 13.8. The fourth-order valence-electron chi connectivity index (χ4n) is 5.52. The molecule has 1 N–H and O–H groups in total. The van der Waals surface area contributed by atoms with Gasteiger partial charge in [-0.15, -0.1) is 5.10 Å². The Hall–Kier alpha value is -4.77. The fourth-order valence-corrected chi connectivity index (χ4v) is 5.52. The van der Waals surface area contributed by atoms with Gasteiger partial charge in [0.25, 0.3) is 0 Å². The van der Waals surface area contributed by atoms with E-state index in [1.807, 2.05) is 42.6 Å². The van der Waals surface area contributed by atoms with Crippen LogP contribution in [0.15, 0.2) is 59.3 Å². The predicted octanol–water partition coefficient (Wildman–Crippen LogP) is 5.15. The van der Waals surface area contributed by atoms with Gasteiger partial charge in [-0.3, -0.25) is 4.90 Å². The second-order valence-corrected chi connectivity index (χ2v) is 10.1. The van der Waals surface area contributed by atoms with Gasteiger partial charge in [0.1, 0.15) is 0 Å². The summed E-state index contributed by atoms with van der Waals surface area (Å²) in [6.07, 6.45) is 4.36. The molecule has 1 unspecified atom stereocenters. The molecule has 1 atom stereocenters. The first-order valence-electron chi connectivity index (χ1n) is 13.8. The molecule has 11 heteroatoms. The third kappa shape index (κ3) is 4.96. The van der Waals surface area contributed by atoms with Gasteiger partial charge in [0.2, 0.25) is 11.8 Å². The van der Waals surface area contributed by atoms with Crippen molar-refractivity contribution >= 4 is 11.6 Å². The van der Waals surface area contributed by atoms with Gasteiger partial charge in [-0.05, 0) is 54.8 Å². The van der Waals surface area contributed by atoms with Gasteiger partial charge in [-0.2, -0.15) is 4.52 Å². The third-order valence-electron chi connectivity index (χ3n) is 7.80. The summed E-state index contributed by atoms with van der Waals surface area (Å²) in [6, 6.07) is 13.6. The Kier molecular flexibility index (Phi) is 7.58. The highest BCUT2D eigenvalue weighted by Gasteiger charge is 2.28. The number of fused-ring (bicyclic) bond motifs is 2. The molecule has 0 spiro atoms. The minimum atomic E-state index is 0.0230. The maximum Gasteiger partial charge on any atom is 0.226 e. The maximum absolute atomic E-state index is 5.70. The summed E-state index contributed by atoms with van der Waals surface area (Å²) in [5.41, 5.74) is 5.12. The Morgan fingerprint density at radius 2 is 1.79 bits per heavy atom. The van der Waals surface area contributed by atoms with Crippen molar-refractivity contribution in [3.05, 3.63) is 77.2 Å². The van der Waals surface area contributed by atoms with E-state index in [1.54, 1.807) is 39.2 Å². The van der Waals surface area contributed by atoms with Gasteiger partial charge in [0.15, 0.2) is 34.4 Å². The van der Waals surface area contributed by atoms with Crippen LogP contribution in [0.5, 0.6) is 23.0 Å². The van der Waals surface area contributed by atoms with Crippen LogP contribution in [0.3, 0.4) is 0 Å². The fraction of sp³-hybridized carbons (Fsp3) is 0.323. The van der Waals surface area contributed by atoms with Gasteiger partial charge >= 0.3 is 0 Å². The molecule has 42 heavy (non-hydrogen) atoms. The molecular weight excluding hydrogens is 536 g/mol. The zero-order valence-electron chi connectivity index (χ0n) is 24.4. The molecule has 4 heterocycles. The lowest BCUT2D eigenvalue weighted by Crippen LogP contribution is -2.33. The summed E-state index contributed by atoms with van der Waals surface area (Å²) < 4.78 is 29.4. The van der Waals surface area contributed by atoms with Crippen LogP contribution in [-0.2, 0) is 19.5 Å². The van der Waals surface area contributed by atoms with Crippen molar-refractivity contribution in [2.45, 2.75) is 32.5 Å². The number of rotatable bonds is 10. The molecule has 6 rings (SSSR count). The summed E-state index contributed by atoms with van der Waals surface area (Å²) >= 11 is 0. The largest absolute Gasteiger partial charge is 0.493 e. The Morgan fingerprint density at radius 1 is 0.976 bits per heavy atom. The minimum Gasteiger partial charge on any atom is -0.493 e. The third-order valence-corrected chi connectivity index (χ3v) is 7.80. The monoisotopic (exact) mass is 570 g/mol. The van der Waals surface area contributed by atoms with Gasteiger partial charge in [0, 0.05) is 43.0 Å². The number of aromatic nitrogens is 4. The van der Waals surface area contributed by atoms with E-state index in [2.05, 4.69) is 23.2 Å². The van der Waals surface area contributed by atoms with E-state index in [0.29, 0.717) is 35.6 Å². The Bertz CT molecular complexity index is 1700. The summed E-state index contributed by atoms with van der Waals surface area (Å²) in [4.78, 5) is 12.1. The van der Waals surface area contributed by atoms with E-state index in [1.165, 1.54) is 11.1 Å². The lowest BCUT2D eigenvalue weighted by molar-refractivity contribution is 0.190. The quantitative estimate of drug-likeness (QED) is 0.242. The van der Waals surface area contributed by atoms with Crippen molar-refractivity contribution < 1.29 is 23.4 Å². The summed E-state index contributed by atoms with van der Waals surface area (Å²) in [7, 11) is 6.61. The van der Waals surface area contributed by atoms with E-state index in [4.69, 9.17) is 38.4 Å². The smallest absolute Gasteiger partial charge is 0.226 e. The first kappa shape index (κ1) is 27.4. The number of furan rings is 1. The predicted molar refractivity (Wildman–Crippen MR) is 157 cm³/mol. The van der Waals surface area contributed by atoms with Crippen molar-refractivity contribution in [2.24, 2.45) is 0 Å². The van der Waals surface area contributed by atoms with Crippen LogP contribution in [0.4, 0.5) is 5.95 Å². The zero-order chi connectivity index (χ0) is 29.2. The number of hydrogen-bond acceptors (Lipinski definition) is 10. The van der Waals surface area contributed by atoms with E-state index < -0.39 is 0 Å². The molecule has 0 aliphatic carbocycles. The summed E-state index contributed by atoms with van der Waals surface area (Å²) in [5, 5.41) is 8.20. The van der Waals surface area contributed by atoms with Gasteiger partial charge < -0.3 is 28.7 Å². The molecule has 0 amide bonds. The number of hydrogen-bond donors (Lipinski definition) is 1. The van der Waals surface area contributed by atoms with Crippen molar-refractivity contribution in [1.29, 1.82) is 0 Å². The lowest BCUT2D eigenvalue weighted by atomic mass is 9.96. The molecule has 2 aromatic carbocycles. The number of anilines is 1. The highest BCUT2D eigenvalue weighted by molar-refractivity contribution is 5.59. The van der Waals surface area contributed by atoms with E-state index in [0.717, 1.165) is 47.8 Å². The number of nitrogens with one attached hydrogen (secondary N) is 1. The minimum absolute atomic E-state index is 0.0230.